The van der Waals surface area contributed by atoms with Crippen LogP contribution in [0.25, 0.3) is 0 Å². The Hall–Kier alpha value is -1.35. The predicted molar refractivity (Wildman–Crippen MR) is 103 cm³/mol. The number of nitrogens with zero attached hydrogens (tertiary/aromatic N) is 2. The topological polar surface area (TPSA) is 26.5 Å². The molecule has 1 aliphatic rings. The van der Waals surface area contributed by atoms with Crippen molar-refractivity contribution in [3.8, 4) is 0 Å². The molecular formula is C21H35N2O+. The fourth-order valence-electron chi connectivity index (χ4n) is 3.67. The highest BCUT2D eigenvalue weighted by molar-refractivity contribution is 5.81. The molecule has 1 aliphatic heterocycles. The maximum atomic E-state index is 9.80. The molecule has 0 fully saturated rings. The van der Waals surface area contributed by atoms with Crippen LogP contribution in [0.5, 0.6) is 0 Å². The normalized spacial score (nSPS) is 16.4. The summed E-state index contributed by atoms with van der Waals surface area (Å²) in [6, 6.07) is 6.95. The molecule has 3 heteroatoms. The number of benzene rings is 1. The molecule has 1 atom stereocenters. The Balaban J connectivity index is 2.38. The average molecular weight is 332 g/mol. The zero-order valence-corrected chi connectivity index (χ0v) is 16.3. The highest BCUT2D eigenvalue weighted by Gasteiger charge is 2.31. The Bertz CT molecular complexity index is 549. The smallest absolute Gasteiger partial charge is 0.239 e. The Morgan fingerprint density at radius 1 is 1.04 bits per heavy atom. The number of rotatable bonds is 7. The van der Waals surface area contributed by atoms with E-state index >= 15 is 0 Å². The van der Waals surface area contributed by atoms with E-state index in [1.165, 1.54) is 16.8 Å². The van der Waals surface area contributed by atoms with Crippen LogP contribution in [0.15, 0.2) is 18.2 Å². The minimum atomic E-state index is 0.226. The van der Waals surface area contributed by atoms with Crippen molar-refractivity contribution >= 4 is 12.0 Å². The summed E-state index contributed by atoms with van der Waals surface area (Å²) in [5.74, 6) is 1.61. The van der Waals surface area contributed by atoms with Gasteiger partial charge in [-0.15, -0.1) is 0 Å². The van der Waals surface area contributed by atoms with Crippen molar-refractivity contribution in [1.29, 1.82) is 0 Å². The van der Waals surface area contributed by atoms with E-state index in [2.05, 4.69) is 75.6 Å². The molecule has 3 nitrogen and oxygen atoms in total. The molecule has 0 radical (unpaired) electrons. The number of hydrogen-bond acceptors (Lipinski definition) is 2. The van der Waals surface area contributed by atoms with Crippen molar-refractivity contribution in [3.05, 3.63) is 29.3 Å². The highest BCUT2D eigenvalue weighted by Crippen LogP contribution is 2.35. The molecule has 0 spiro atoms. The summed E-state index contributed by atoms with van der Waals surface area (Å²) < 4.78 is 2.33. The molecule has 24 heavy (non-hydrogen) atoms. The van der Waals surface area contributed by atoms with Gasteiger partial charge >= 0.3 is 0 Å². The van der Waals surface area contributed by atoms with Gasteiger partial charge in [-0.2, -0.15) is 0 Å². The van der Waals surface area contributed by atoms with Crippen LogP contribution in [0.1, 0.15) is 70.9 Å². The van der Waals surface area contributed by atoms with Gasteiger partial charge in [0.25, 0.3) is 0 Å². The fourth-order valence-corrected chi connectivity index (χ4v) is 3.67. The van der Waals surface area contributed by atoms with E-state index < -0.39 is 0 Å². The number of para-hydroxylation sites is 1. The molecule has 134 valence electrons. The molecule has 1 heterocycles. The summed E-state index contributed by atoms with van der Waals surface area (Å²) in [7, 11) is 0. The molecule has 0 aliphatic carbocycles. The van der Waals surface area contributed by atoms with E-state index in [0.29, 0.717) is 17.8 Å². The largest absolute Gasteiger partial charge is 0.392 e. The molecule has 0 amide bonds. The molecule has 0 saturated carbocycles. The van der Waals surface area contributed by atoms with Crippen molar-refractivity contribution in [2.24, 2.45) is 5.92 Å². The predicted octanol–water partition coefficient (Wildman–Crippen LogP) is 4.20. The number of anilines is 1. The maximum Gasteiger partial charge on any atom is 0.239 e. The van der Waals surface area contributed by atoms with Crippen LogP contribution in [0.3, 0.4) is 0 Å². The minimum Gasteiger partial charge on any atom is -0.392 e. The SMILES string of the molecule is CC(C)C[C@@H](CO)[N+]1=CN(c2c(C(C)C)cccc2C(C)C)CC1. The molecule has 0 unspecified atom stereocenters. The summed E-state index contributed by atoms with van der Waals surface area (Å²) in [5, 5.41) is 9.80. The molecule has 0 saturated heterocycles. The van der Waals surface area contributed by atoms with Crippen LogP contribution < -0.4 is 4.90 Å². The van der Waals surface area contributed by atoms with Crippen LogP contribution in [-0.2, 0) is 0 Å². The Morgan fingerprint density at radius 2 is 1.62 bits per heavy atom. The number of aliphatic hydroxyl groups excluding tert-OH is 1. The zero-order valence-electron chi connectivity index (χ0n) is 16.3. The second kappa shape index (κ2) is 8.15. The van der Waals surface area contributed by atoms with E-state index in [-0.39, 0.29) is 12.6 Å². The first-order chi connectivity index (χ1) is 11.3. The van der Waals surface area contributed by atoms with Crippen LogP contribution in [0, 0.1) is 5.92 Å². The van der Waals surface area contributed by atoms with Gasteiger partial charge in [-0.05, 0) is 24.2 Å². The first kappa shape index (κ1) is 19.0. The summed E-state index contributed by atoms with van der Waals surface area (Å²) in [4.78, 5) is 2.41. The standard InChI is InChI=1S/C21H35N2O/c1-15(2)12-18(13-24)22-10-11-23(14-22)21-19(16(3)4)8-7-9-20(21)17(5)6/h7-9,14-18,24H,10-13H2,1-6H3/q+1/t18-/m0/s1. The summed E-state index contributed by atoms with van der Waals surface area (Å²) >= 11 is 0. The van der Waals surface area contributed by atoms with Gasteiger partial charge in [-0.1, -0.05) is 59.7 Å². The zero-order chi connectivity index (χ0) is 17.9. The lowest BCUT2D eigenvalue weighted by atomic mass is 9.92. The van der Waals surface area contributed by atoms with Crippen molar-refractivity contribution < 1.29 is 9.68 Å². The van der Waals surface area contributed by atoms with Crippen LogP contribution >= 0.6 is 0 Å². The van der Waals surface area contributed by atoms with Gasteiger partial charge in [0.1, 0.15) is 24.8 Å². The third kappa shape index (κ3) is 4.18. The van der Waals surface area contributed by atoms with Gasteiger partial charge in [-0.25, -0.2) is 4.90 Å². The summed E-state index contributed by atoms with van der Waals surface area (Å²) in [6.07, 6.45) is 3.28. The summed E-state index contributed by atoms with van der Waals surface area (Å²) in [5.41, 5.74) is 4.22. The monoisotopic (exact) mass is 331 g/mol. The first-order valence-corrected chi connectivity index (χ1v) is 9.46. The third-order valence-corrected chi connectivity index (χ3v) is 4.94. The Morgan fingerprint density at radius 3 is 2.08 bits per heavy atom. The lowest BCUT2D eigenvalue weighted by Gasteiger charge is -2.20. The Kier molecular flexibility index (Phi) is 6.45. The second-order valence-corrected chi connectivity index (χ2v) is 8.11. The van der Waals surface area contributed by atoms with E-state index in [4.69, 9.17) is 0 Å². The van der Waals surface area contributed by atoms with Gasteiger partial charge in [0, 0.05) is 11.1 Å². The molecule has 2 rings (SSSR count). The molecular weight excluding hydrogens is 296 g/mol. The van der Waals surface area contributed by atoms with Gasteiger partial charge in [0.15, 0.2) is 0 Å². The third-order valence-electron chi connectivity index (χ3n) is 4.94. The average Bonchev–Trinajstić information content (AvgIpc) is 3.00. The van der Waals surface area contributed by atoms with Crippen molar-refractivity contribution in [3.63, 3.8) is 0 Å². The van der Waals surface area contributed by atoms with Crippen molar-refractivity contribution in [2.75, 3.05) is 24.6 Å². The molecule has 0 aromatic heterocycles. The van der Waals surface area contributed by atoms with E-state index in [1.54, 1.807) is 0 Å². The first-order valence-electron chi connectivity index (χ1n) is 9.46. The fraction of sp³-hybridized carbons (Fsp3) is 0.667. The highest BCUT2D eigenvalue weighted by atomic mass is 16.3. The maximum absolute atomic E-state index is 9.80. The minimum absolute atomic E-state index is 0.226. The van der Waals surface area contributed by atoms with Gasteiger partial charge in [0.2, 0.25) is 6.34 Å². The second-order valence-electron chi connectivity index (χ2n) is 8.11. The van der Waals surface area contributed by atoms with Gasteiger partial charge < -0.3 is 5.11 Å². The van der Waals surface area contributed by atoms with Crippen molar-refractivity contribution in [2.45, 2.75) is 65.8 Å². The van der Waals surface area contributed by atoms with Crippen LogP contribution in [-0.4, -0.2) is 41.8 Å². The molecule has 1 N–H and O–H groups in total. The number of aliphatic hydroxyl groups is 1. The van der Waals surface area contributed by atoms with E-state index in [9.17, 15) is 5.11 Å². The molecule has 0 bridgehead atoms. The van der Waals surface area contributed by atoms with E-state index in [1.807, 2.05) is 0 Å². The Labute approximate surface area is 148 Å². The lowest BCUT2D eigenvalue weighted by molar-refractivity contribution is -0.558. The van der Waals surface area contributed by atoms with E-state index in [0.717, 1.165) is 19.5 Å². The van der Waals surface area contributed by atoms with Crippen LogP contribution in [0.4, 0.5) is 5.69 Å². The number of hydrogen-bond donors (Lipinski definition) is 1. The lowest BCUT2D eigenvalue weighted by Crippen LogP contribution is -2.31. The van der Waals surface area contributed by atoms with Crippen LogP contribution in [0.2, 0.25) is 0 Å². The quantitative estimate of drug-likeness (QED) is 0.758. The molecule has 1 aromatic carbocycles. The summed E-state index contributed by atoms with van der Waals surface area (Å²) in [6.45, 7) is 15.7. The van der Waals surface area contributed by atoms with Gasteiger partial charge in [-0.3, -0.25) is 4.58 Å². The van der Waals surface area contributed by atoms with Gasteiger partial charge in [0.05, 0.1) is 6.61 Å². The van der Waals surface area contributed by atoms with Crippen molar-refractivity contribution in [1.82, 2.24) is 0 Å². The molecule has 1 aromatic rings.